The number of thioether (sulfide) groups is 2. The van der Waals surface area contributed by atoms with Gasteiger partial charge in [0.05, 0.1) is 5.69 Å². The minimum absolute atomic E-state index is 0.217. The SMILES string of the molecule is CSc1nc(N)nc(SC(=Nc2ccccc2)N(C)C)n1. The van der Waals surface area contributed by atoms with Crippen molar-refractivity contribution < 1.29 is 0 Å². The van der Waals surface area contributed by atoms with E-state index in [1.54, 1.807) is 0 Å². The molecular weight excluding hydrogens is 304 g/mol. The Kier molecular flexibility index (Phi) is 5.40. The molecule has 8 heteroatoms. The first-order valence-corrected chi connectivity index (χ1v) is 8.17. The van der Waals surface area contributed by atoms with Crippen molar-refractivity contribution in [3.8, 4) is 0 Å². The molecule has 0 aliphatic heterocycles. The number of para-hydroxylation sites is 1. The summed E-state index contributed by atoms with van der Waals surface area (Å²) in [5, 5.41) is 1.91. The summed E-state index contributed by atoms with van der Waals surface area (Å²) < 4.78 is 0. The van der Waals surface area contributed by atoms with Gasteiger partial charge in [-0.15, -0.1) is 0 Å². The van der Waals surface area contributed by atoms with Gasteiger partial charge in [-0.05, 0) is 30.2 Å². The second kappa shape index (κ2) is 7.28. The monoisotopic (exact) mass is 320 g/mol. The highest BCUT2D eigenvalue weighted by Gasteiger charge is 2.11. The molecular formula is C13H16N6S2. The van der Waals surface area contributed by atoms with Crippen LogP contribution in [-0.4, -0.2) is 45.4 Å². The Hall–Kier alpha value is -1.80. The minimum atomic E-state index is 0.217. The van der Waals surface area contributed by atoms with Crippen molar-refractivity contribution in [3.05, 3.63) is 30.3 Å². The second-order valence-electron chi connectivity index (χ2n) is 4.19. The summed E-state index contributed by atoms with van der Waals surface area (Å²) in [6, 6.07) is 9.74. The number of hydrogen-bond acceptors (Lipinski definition) is 7. The highest BCUT2D eigenvalue weighted by molar-refractivity contribution is 8.13. The number of nitrogens with zero attached hydrogens (tertiary/aromatic N) is 5. The third kappa shape index (κ3) is 4.61. The lowest BCUT2D eigenvalue weighted by Gasteiger charge is -2.14. The van der Waals surface area contributed by atoms with Crippen LogP contribution in [0.25, 0.3) is 0 Å². The molecule has 0 amide bonds. The summed E-state index contributed by atoms with van der Waals surface area (Å²) >= 11 is 2.78. The number of benzene rings is 1. The number of hydrogen-bond donors (Lipinski definition) is 1. The molecule has 0 unspecified atom stereocenters. The van der Waals surface area contributed by atoms with Crippen LogP contribution in [0.15, 0.2) is 45.6 Å². The number of aliphatic imine (C=N–C) groups is 1. The van der Waals surface area contributed by atoms with Crippen LogP contribution in [0.4, 0.5) is 11.6 Å². The molecule has 2 aromatic rings. The van der Waals surface area contributed by atoms with Gasteiger partial charge in [-0.25, -0.2) is 4.99 Å². The molecule has 0 aliphatic rings. The van der Waals surface area contributed by atoms with Gasteiger partial charge in [-0.2, -0.15) is 15.0 Å². The van der Waals surface area contributed by atoms with E-state index in [-0.39, 0.29) is 5.95 Å². The van der Waals surface area contributed by atoms with Crippen LogP contribution in [0.5, 0.6) is 0 Å². The molecule has 0 radical (unpaired) electrons. The molecule has 0 aliphatic carbocycles. The van der Waals surface area contributed by atoms with Crippen molar-refractivity contribution in [3.63, 3.8) is 0 Å². The third-order valence-electron chi connectivity index (χ3n) is 2.34. The number of aromatic nitrogens is 3. The van der Waals surface area contributed by atoms with Gasteiger partial charge in [0.15, 0.2) is 10.3 Å². The standard InChI is InChI=1S/C13H16N6S2/c1-19(2)13(15-9-7-5-4-6-8-9)21-12-17-10(14)16-11(18-12)20-3/h4-8H,1-3H3,(H2,14,16,17,18). The third-order valence-corrected chi connectivity index (χ3v) is 3.89. The van der Waals surface area contributed by atoms with Crippen molar-refractivity contribution in [2.24, 2.45) is 4.99 Å². The molecule has 0 fully saturated rings. The van der Waals surface area contributed by atoms with Crippen molar-refractivity contribution in [2.45, 2.75) is 10.3 Å². The maximum Gasteiger partial charge on any atom is 0.225 e. The first-order valence-electron chi connectivity index (χ1n) is 6.13. The van der Waals surface area contributed by atoms with Gasteiger partial charge in [-0.3, -0.25) is 0 Å². The Bertz CT molecular complexity index is 630. The number of nitrogens with two attached hydrogens (primary N) is 1. The van der Waals surface area contributed by atoms with Crippen LogP contribution in [0, 0.1) is 0 Å². The maximum absolute atomic E-state index is 5.70. The van der Waals surface area contributed by atoms with E-state index in [2.05, 4.69) is 19.9 Å². The molecule has 0 spiro atoms. The molecule has 1 aromatic carbocycles. The van der Waals surface area contributed by atoms with Crippen LogP contribution < -0.4 is 5.73 Å². The molecule has 2 rings (SSSR count). The summed E-state index contributed by atoms with van der Waals surface area (Å²) in [5.74, 6) is 0.217. The molecule has 0 saturated heterocycles. The highest BCUT2D eigenvalue weighted by Crippen LogP contribution is 2.22. The van der Waals surface area contributed by atoms with Crippen LogP contribution in [0.3, 0.4) is 0 Å². The molecule has 2 N–H and O–H groups in total. The fourth-order valence-corrected chi connectivity index (χ4v) is 2.59. The summed E-state index contributed by atoms with van der Waals surface area (Å²) in [5.41, 5.74) is 6.57. The highest BCUT2D eigenvalue weighted by atomic mass is 32.2. The van der Waals surface area contributed by atoms with E-state index in [0.717, 1.165) is 10.9 Å². The lowest BCUT2D eigenvalue weighted by Crippen LogP contribution is -2.19. The number of nitrogen functional groups attached to an aromatic ring is 1. The Balaban J connectivity index is 2.29. The Morgan fingerprint density at radius 1 is 1.10 bits per heavy atom. The van der Waals surface area contributed by atoms with Crippen LogP contribution >= 0.6 is 23.5 Å². The van der Waals surface area contributed by atoms with Crippen molar-refractivity contribution in [1.82, 2.24) is 19.9 Å². The Labute approximate surface area is 132 Å². The quantitative estimate of drug-likeness (QED) is 0.528. The normalized spacial score (nSPS) is 11.5. The van der Waals surface area contributed by atoms with Crippen LogP contribution in [-0.2, 0) is 0 Å². The van der Waals surface area contributed by atoms with Gasteiger partial charge in [0.25, 0.3) is 0 Å². The maximum atomic E-state index is 5.70. The Morgan fingerprint density at radius 3 is 2.38 bits per heavy atom. The Morgan fingerprint density at radius 2 is 1.76 bits per heavy atom. The molecule has 21 heavy (non-hydrogen) atoms. The van der Waals surface area contributed by atoms with E-state index < -0.39 is 0 Å². The smallest absolute Gasteiger partial charge is 0.225 e. The number of rotatable bonds is 3. The number of anilines is 1. The summed E-state index contributed by atoms with van der Waals surface area (Å²) in [7, 11) is 3.85. The fourth-order valence-electron chi connectivity index (χ4n) is 1.40. The van der Waals surface area contributed by atoms with Gasteiger partial charge in [0.2, 0.25) is 11.1 Å². The average Bonchev–Trinajstić information content (AvgIpc) is 2.47. The van der Waals surface area contributed by atoms with E-state index in [0.29, 0.717) is 10.3 Å². The topological polar surface area (TPSA) is 80.3 Å². The van der Waals surface area contributed by atoms with Crippen LogP contribution in [0.2, 0.25) is 0 Å². The van der Waals surface area contributed by atoms with Gasteiger partial charge in [-0.1, -0.05) is 30.0 Å². The first-order chi connectivity index (χ1) is 10.1. The fraction of sp³-hybridized carbons (Fsp3) is 0.231. The second-order valence-corrected chi connectivity index (χ2v) is 5.90. The summed E-state index contributed by atoms with van der Waals surface area (Å²) in [4.78, 5) is 19.0. The lowest BCUT2D eigenvalue weighted by atomic mass is 10.3. The average molecular weight is 320 g/mol. The van der Waals surface area contributed by atoms with Gasteiger partial charge < -0.3 is 10.6 Å². The van der Waals surface area contributed by atoms with Crippen LogP contribution in [0.1, 0.15) is 0 Å². The predicted octanol–water partition coefficient (Wildman–Crippen LogP) is 2.52. The van der Waals surface area contributed by atoms with Crippen molar-refractivity contribution in [2.75, 3.05) is 26.1 Å². The van der Waals surface area contributed by atoms with E-state index in [4.69, 9.17) is 5.73 Å². The molecule has 1 heterocycles. The minimum Gasteiger partial charge on any atom is -0.368 e. The first kappa shape index (κ1) is 15.6. The van der Waals surface area contributed by atoms with E-state index in [1.165, 1.54) is 23.5 Å². The van der Waals surface area contributed by atoms with Gasteiger partial charge in [0, 0.05) is 14.1 Å². The largest absolute Gasteiger partial charge is 0.368 e. The zero-order valence-corrected chi connectivity index (χ0v) is 13.6. The molecule has 0 atom stereocenters. The molecule has 6 nitrogen and oxygen atoms in total. The number of amidine groups is 1. The van der Waals surface area contributed by atoms with Gasteiger partial charge >= 0.3 is 0 Å². The zero-order chi connectivity index (χ0) is 15.2. The zero-order valence-electron chi connectivity index (χ0n) is 12.0. The predicted molar refractivity (Wildman–Crippen MR) is 89.1 cm³/mol. The van der Waals surface area contributed by atoms with Crippen molar-refractivity contribution >= 4 is 40.3 Å². The van der Waals surface area contributed by atoms with E-state index in [1.807, 2.05) is 55.6 Å². The molecule has 0 bridgehead atoms. The molecule has 110 valence electrons. The van der Waals surface area contributed by atoms with Crippen molar-refractivity contribution in [1.29, 1.82) is 0 Å². The summed E-state index contributed by atoms with van der Waals surface area (Å²) in [6.07, 6.45) is 1.90. The molecule has 1 aromatic heterocycles. The lowest BCUT2D eigenvalue weighted by molar-refractivity contribution is 0.636. The van der Waals surface area contributed by atoms with E-state index in [9.17, 15) is 0 Å². The molecule has 0 saturated carbocycles. The van der Waals surface area contributed by atoms with Gasteiger partial charge in [0.1, 0.15) is 0 Å². The van der Waals surface area contributed by atoms with E-state index >= 15 is 0 Å². The summed E-state index contributed by atoms with van der Waals surface area (Å²) in [6.45, 7) is 0.